The van der Waals surface area contributed by atoms with Gasteiger partial charge in [-0.1, -0.05) is 18.2 Å². The first-order valence-corrected chi connectivity index (χ1v) is 7.16. The van der Waals surface area contributed by atoms with E-state index >= 15 is 0 Å². The van der Waals surface area contributed by atoms with Crippen molar-refractivity contribution in [2.24, 2.45) is 0 Å². The van der Waals surface area contributed by atoms with Gasteiger partial charge in [-0.15, -0.1) is 0 Å². The topological polar surface area (TPSA) is 50.3 Å². The summed E-state index contributed by atoms with van der Waals surface area (Å²) >= 11 is 3.12. The van der Waals surface area contributed by atoms with E-state index < -0.39 is 24.3 Å². The second-order valence-corrected chi connectivity index (χ2v) is 5.53. The summed E-state index contributed by atoms with van der Waals surface area (Å²) in [4.78, 5) is 29.2. The number of imide groups is 1. The molecule has 4 nitrogen and oxygen atoms in total. The molecule has 2 amide bonds. The van der Waals surface area contributed by atoms with Gasteiger partial charge >= 0.3 is 0 Å². The summed E-state index contributed by atoms with van der Waals surface area (Å²) in [6.45, 7) is 0. The van der Waals surface area contributed by atoms with Crippen LogP contribution in [0.5, 0.6) is 0 Å². The molecular weight excluding hydrogens is 358 g/mol. The van der Waals surface area contributed by atoms with Gasteiger partial charge in [0, 0.05) is 6.20 Å². The molecule has 1 atom stereocenters. The van der Waals surface area contributed by atoms with Crippen LogP contribution in [0.15, 0.2) is 47.2 Å². The van der Waals surface area contributed by atoms with Gasteiger partial charge in [-0.2, -0.15) is 0 Å². The maximum absolute atomic E-state index is 13.5. The lowest BCUT2D eigenvalue weighted by atomic mass is 10.1. The Morgan fingerprint density at radius 2 is 1.59 bits per heavy atom. The van der Waals surface area contributed by atoms with E-state index in [9.17, 15) is 18.4 Å². The summed E-state index contributed by atoms with van der Waals surface area (Å²) < 4.78 is 27.5. The molecule has 1 aromatic carbocycles. The molecule has 0 saturated heterocycles. The van der Waals surface area contributed by atoms with Crippen molar-refractivity contribution in [3.63, 3.8) is 0 Å². The molecule has 0 saturated carbocycles. The van der Waals surface area contributed by atoms with Crippen LogP contribution in [0.3, 0.4) is 0 Å². The highest BCUT2D eigenvalue weighted by atomic mass is 79.9. The summed E-state index contributed by atoms with van der Waals surface area (Å²) in [5, 5.41) is 0. The first kappa shape index (κ1) is 14.8. The minimum Gasteiger partial charge on any atom is -0.269 e. The van der Waals surface area contributed by atoms with Gasteiger partial charge in [0.25, 0.3) is 18.2 Å². The Hall–Kier alpha value is -2.15. The van der Waals surface area contributed by atoms with E-state index in [0.29, 0.717) is 9.50 Å². The highest BCUT2D eigenvalue weighted by Crippen LogP contribution is 2.35. The standard InChI is InChI=1S/C15H9BrF2N2O2/c16-11-6-5-8(7-19-11)12(13(17)18)20-14(21)9-3-1-2-4-10(9)15(20)22/h1-7,12-13H. The molecule has 2 aromatic rings. The molecule has 22 heavy (non-hydrogen) atoms. The van der Waals surface area contributed by atoms with Crippen molar-refractivity contribution in [1.29, 1.82) is 0 Å². The third-order valence-electron chi connectivity index (χ3n) is 3.43. The molecule has 1 unspecified atom stereocenters. The van der Waals surface area contributed by atoms with Crippen molar-refractivity contribution in [2.75, 3.05) is 0 Å². The van der Waals surface area contributed by atoms with E-state index in [1.807, 2.05) is 0 Å². The highest BCUT2D eigenvalue weighted by Gasteiger charge is 2.44. The fourth-order valence-electron chi connectivity index (χ4n) is 2.43. The predicted octanol–water partition coefficient (Wildman–Crippen LogP) is 3.45. The lowest BCUT2D eigenvalue weighted by molar-refractivity contribution is 0.0221. The van der Waals surface area contributed by atoms with Crippen LogP contribution in [0.1, 0.15) is 32.3 Å². The van der Waals surface area contributed by atoms with E-state index in [1.54, 1.807) is 12.1 Å². The van der Waals surface area contributed by atoms with Crippen LogP contribution >= 0.6 is 15.9 Å². The first-order chi connectivity index (χ1) is 10.5. The molecule has 1 aliphatic heterocycles. The lowest BCUT2D eigenvalue weighted by Crippen LogP contribution is -2.37. The number of amides is 2. The quantitative estimate of drug-likeness (QED) is 0.617. The zero-order valence-electron chi connectivity index (χ0n) is 11.0. The molecule has 1 aliphatic rings. The molecule has 112 valence electrons. The van der Waals surface area contributed by atoms with Crippen molar-refractivity contribution in [1.82, 2.24) is 9.88 Å². The normalized spacial score (nSPS) is 15.4. The number of halogens is 3. The number of benzene rings is 1. The van der Waals surface area contributed by atoms with Crippen molar-refractivity contribution < 1.29 is 18.4 Å². The zero-order chi connectivity index (χ0) is 15.9. The van der Waals surface area contributed by atoms with Crippen LogP contribution in [0.25, 0.3) is 0 Å². The number of pyridine rings is 1. The maximum Gasteiger partial charge on any atom is 0.263 e. The molecular formula is C15H9BrF2N2O2. The number of alkyl halides is 2. The van der Waals surface area contributed by atoms with Crippen molar-refractivity contribution in [2.45, 2.75) is 12.5 Å². The second kappa shape index (κ2) is 5.57. The Labute approximate surface area is 132 Å². The number of hydrogen-bond donors (Lipinski definition) is 0. The number of carbonyl (C=O) groups excluding carboxylic acids is 2. The van der Waals surface area contributed by atoms with Crippen LogP contribution in [0.4, 0.5) is 8.78 Å². The molecule has 0 N–H and O–H groups in total. The van der Waals surface area contributed by atoms with Crippen LogP contribution in [-0.4, -0.2) is 28.1 Å². The molecule has 0 aliphatic carbocycles. The number of rotatable bonds is 3. The average molecular weight is 367 g/mol. The zero-order valence-corrected chi connectivity index (χ0v) is 12.6. The Balaban J connectivity index is 2.06. The van der Waals surface area contributed by atoms with Gasteiger partial charge < -0.3 is 0 Å². The van der Waals surface area contributed by atoms with Gasteiger partial charge in [0.2, 0.25) is 0 Å². The van der Waals surface area contributed by atoms with Gasteiger partial charge in [0.05, 0.1) is 11.1 Å². The van der Waals surface area contributed by atoms with Gasteiger partial charge in [-0.05, 0) is 39.7 Å². The average Bonchev–Trinajstić information content (AvgIpc) is 2.75. The number of carbonyl (C=O) groups is 2. The van der Waals surface area contributed by atoms with Crippen LogP contribution in [0.2, 0.25) is 0 Å². The minimum absolute atomic E-state index is 0.104. The molecule has 0 fully saturated rings. The van der Waals surface area contributed by atoms with E-state index in [4.69, 9.17) is 0 Å². The Morgan fingerprint density at radius 1 is 1.00 bits per heavy atom. The molecule has 0 spiro atoms. The van der Waals surface area contributed by atoms with E-state index in [-0.39, 0.29) is 16.7 Å². The number of nitrogens with zero attached hydrogens (tertiary/aromatic N) is 2. The third kappa shape index (κ3) is 2.31. The van der Waals surface area contributed by atoms with E-state index in [1.165, 1.54) is 30.5 Å². The van der Waals surface area contributed by atoms with Crippen LogP contribution < -0.4 is 0 Å². The number of fused-ring (bicyclic) bond motifs is 1. The van der Waals surface area contributed by atoms with E-state index in [0.717, 1.165) is 0 Å². The summed E-state index contributed by atoms with van der Waals surface area (Å²) in [6, 6.07) is 7.34. The number of hydrogen-bond acceptors (Lipinski definition) is 3. The van der Waals surface area contributed by atoms with Crippen LogP contribution in [-0.2, 0) is 0 Å². The number of aromatic nitrogens is 1. The van der Waals surface area contributed by atoms with Crippen LogP contribution in [0, 0.1) is 0 Å². The Kier molecular flexibility index (Phi) is 3.74. The fraction of sp³-hybridized carbons (Fsp3) is 0.133. The summed E-state index contributed by atoms with van der Waals surface area (Å²) in [7, 11) is 0. The molecule has 2 heterocycles. The Morgan fingerprint density at radius 3 is 2.05 bits per heavy atom. The largest absolute Gasteiger partial charge is 0.269 e. The summed E-state index contributed by atoms with van der Waals surface area (Å²) in [5.74, 6) is -1.43. The first-order valence-electron chi connectivity index (χ1n) is 6.37. The third-order valence-corrected chi connectivity index (χ3v) is 3.90. The SMILES string of the molecule is O=C1c2ccccc2C(=O)N1C(c1ccc(Br)nc1)C(F)F. The molecule has 0 bridgehead atoms. The van der Waals surface area contributed by atoms with Crippen molar-refractivity contribution >= 4 is 27.7 Å². The lowest BCUT2D eigenvalue weighted by Gasteiger charge is -2.25. The molecule has 7 heteroatoms. The molecule has 0 radical (unpaired) electrons. The Bertz CT molecular complexity index is 714. The molecule has 1 aromatic heterocycles. The predicted molar refractivity (Wildman–Crippen MR) is 77.6 cm³/mol. The van der Waals surface area contributed by atoms with Crippen molar-refractivity contribution in [3.05, 3.63) is 63.9 Å². The highest BCUT2D eigenvalue weighted by molar-refractivity contribution is 9.10. The fourth-order valence-corrected chi connectivity index (χ4v) is 2.66. The summed E-state index contributed by atoms with van der Waals surface area (Å²) in [5.41, 5.74) is 0.388. The summed E-state index contributed by atoms with van der Waals surface area (Å²) in [6.07, 6.45) is -1.69. The van der Waals surface area contributed by atoms with Gasteiger partial charge in [-0.3, -0.25) is 14.5 Å². The van der Waals surface area contributed by atoms with Gasteiger partial charge in [-0.25, -0.2) is 13.8 Å². The van der Waals surface area contributed by atoms with Gasteiger partial charge in [0.1, 0.15) is 10.6 Å². The second-order valence-electron chi connectivity index (χ2n) is 4.72. The monoisotopic (exact) mass is 366 g/mol. The van der Waals surface area contributed by atoms with Gasteiger partial charge in [0.15, 0.2) is 0 Å². The minimum atomic E-state index is -2.91. The maximum atomic E-state index is 13.5. The molecule has 3 rings (SSSR count). The van der Waals surface area contributed by atoms with E-state index in [2.05, 4.69) is 20.9 Å². The smallest absolute Gasteiger partial charge is 0.263 e. The van der Waals surface area contributed by atoms with Crippen molar-refractivity contribution in [3.8, 4) is 0 Å².